The maximum atomic E-state index is 12.3. The molecule has 0 fully saturated rings. The van der Waals surface area contributed by atoms with Gasteiger partial charge in [0.2, 0.25) is 0 Å². The molecule has 2 aromatic carbocycles. The molecule has 8 heteroatoms. The van der Waals surface area contributed by atoms with E-state index in [9.17, 15) is 19.8 Å². The van der Waals surface area contributed by atoms with Crippen LogP contribution in [0.3, 0.4) is 0 Å². The summed E-state index contributed by atoms with van der Waals surface area (Å²) in [5.41, 5.74) is 2.05. The number of pyridine rings is 1. The molecule has 0 bridgehead atoms. The summed E-state index contributed by atoms with van der Waals surface area (Å²) in [5.74, 6) is -0.980. The fourth-order valence-corrected chi connectivity index (χ4v) is 2.54. The average Bonchev–Trinajstić information content (AvgIpc) is 2.64. The number of benzene rings is 2. The number of carbonyl (C=O) groups excluding carboxylic acids is 1. The summed E-state index contributed by atoms with van der Waals surface area (Å²) >= 11 is 0. The van der Waals surface area contributed by atoms with Gasteiger partial charge in [-0.05, 0) is 42.8 Å². The van der Waals surface area contributed by atoms with E-state index < -0.39 is 22.8 Å². The van der Waals surface area contributed by atoms with Crippen molar-refractivity contribution in [1.82, 2.24) is 10.4 Å². The number of fused-ring (bicyclic) bond motifs is 1. The van der Waals surface area contributed by atoms with Crippen molar-refractivity contribution in [2.75, 3.05) is 6.61 Å². The number of para-hydroxylation sites is 1. The Morgan fingerprint density at radius 2 is 2.04 bits per heavy atom. The van der Waals surface area contributed by atoms with E-state index in [1.54, 1.807) is 43.3 Å². The number of hydrogen-bond donors (Lipinski definition) is 4. The summed E-state index contributed by atoms with van der Waals surface area (Å²) < 4.78 is 5.27. The smallest absolute Gasteiger partial charge is 0.280 e. The van der Waals surface area contributed by atoms with Crippen LogP contribution in [-0.4, -0.2) is 33.9 Å². The Morgan fingerprint density at radius 3 is 2.81 bits per heavy atom. The van der Waals surface area contributed by atoms with Crippen molar-refractivity contribution >= 4 is 23.0 Å². The molecule has 4 N–H and O–H groups in total. The number of nitrogens with zero attached hydrogens (tertiary/aromatic N) is 1. The number of aromatic hydroxyl groups is 2. The van der Waals surface area contributed by atoms with E-state index in [4.69, 9.17) is 4.74 Å². The highest BCUT2D eigenvalue weighted by atomic mass is 16.5. The number of H-pyrrole nitrogens is 1. The first kappa shape index (κ1) is 18.0. The number of aromatic nitrogens is 1. The van der Waals surface area contributed by atoms with Crippen molar-refractivity contribution in [1.29, 1.82) is 0 Å². The van der Waals surface area contributed by atoms with Gasteiger partial charge in [-0.1, -0.05) is 12.1 Å². The number of amides is 1. The van der Waals surface area contributed by atoms with Crippen molar-refractivity contribution < 1.29 is 19.7 Å². The Labute approximate surface area is 153 Å². The number of ether oxygens (including phenoxy) is 1. The molecule has 0 aliphatic heterocycles. The van der Waals surface area contributed by atoms with Gasteiger partial charge in [0.1, 0.15) is 11.3 Å². The van der Waals surface area contributed by atoms with E-state index in [1.807, 2.05) is 0 Å². The van der Waals surface area contributed by atoms with Gasteiger partial charge < -0.3 is 19.9 Å². The molecule has 0 saturated heterocycles. The second-order valence-electron chi connectivity index (χ2n) is 5.58. The van der Waals surface area contributed by atoms with Crippen LogP contribution in [0, 0.1) is 0 Å². The SMILES string of the molecule is CCOc1cc(/C=N\NC(=O)c2c(O)c3ccccc3[nH]c2=O)ccc1O. The van der Waals surface area contributed by atoms with Crippen LogP contribution in [-0.2, 0) is 0 Å². The topological polar surface area (TPSA) is 124 Å². The molecule has 27 heavy (non-hydrogen) atoms. The van der Waals surface area contributed by atoms with Crippen molar-refractivity contribution in [2.24, 2.45) is 5.10 Å². The molecule has 3 rings (SSSR count). The van der Waals surface area contributed by atoms with Gasteiger partial charge in [-0.15, -0.1) is 0 Å². The zero-order valence-corrected chi connectivity index (χ0v) is 14.4. The number of carbonyl (C=O) groups is 1. The van der Waals surface area contributed by atoms with Gasteiger partial charge in [0.15, 0.2) is 11.5 Å². The number of aromatic amines is 1. The average molecular weight is 367 g/mol. The van der Waals surface area contributed by atoms with Gasteiger partial charge in [0.05, 0.1) is 18.3 Å². The van der Waals surface area contributed by atoms with Crippen LogP contribution in [0.15, 0.2) is 52.4 Å². The summed E-state index contributed by atoms with van der Waals surface area (Å²) in [6.45, 7) is 2.17. The number of hydrogen-bond acceptors (Lipinski definition) is 6. The van der Waals surface area contributed by atoms with E-state index in [1.165, 1.54) is 12.3 Å². The molecule has 1 aromatic heterocycles. The second-order valence-corrected chi connectivity index (χ2v) is 5.58. The lowest BCUT2D eigenvalue weighted by Crippen LogP contribution is -2.26. The van der Waals surface area contributed by atoms with Crippen LogP contribution in [0.4, 0.5) is 0 Å². The van der Waals surface area contributed by atoms with Crippen molar-refractivity contribution in [3.63, 3.8) is 0 Å². The van der Waals surface area contributed by atoms with Gasteiger partial charge in [0, 0.05) is 5.39 Å². The Hall–Kier alpha value is -3.81. The molecule has 1 amide bonds. The molecule has 8 nitrogen and oxygen atoms in total. The van der Waals surface area contributed by atoms with E-state index in [2.05, 4.69) is 15.5 Å². The van der Waals surface area contributed by atoms with Gasteiger partial charge >= 0.3 is 0 Å². The number of rotatable bonds is 5. The summed E-state index contributed by atoms with van der Waals surface area (Å²) in [6, 6.07) is 11.2. The minimum atomic E-state index is -0.848. The van der Waals surface area contributed by atoms with Crippen molar-refractivity contribution in [3.05, 3.63) is 63.9 Å². The Morgan fingerprint density at radius 1 is 1.26 bits per heavy atom. The fraction of sp³-hybridized carbons (Fsp3) is 0.105. The summed E-state index contributed by atoms with van der Waals surface area (Å²) in [6.07, 6.45) is 1.33. The monoisotopic (exact) mass is 367 g/mol. The van der Waals surface area contributed by atoms with Crippen LogP contribution < -0.4 is 15.7 Å². The van der Waals surface area contributed by atoms with E-state index in [-0.39, 0.29) is 11.5 Å². The molecule has 138 valence electrons. The first-order valence-electron chi connectivity index (χ1n) is 8.14. The maximum Gasteiger partial charge on any atom is 0.280 e. The first-order chi connectivity index (χ1) is 13.0. The van der Waals surface area contributed by atoms with Crippen LogP contribution in [0.2, 0.25) is 0 Å². The predicted octanol–water partition coefficient (Wildman–Crippen LogP) is 2.10. The van der Waals surface area contributed by atoms with Gasteiger partial charge in [0.25, 0.3) is 11.5 Å². The molecule has 0 saturated carbocycles. The second kappa shape index (κ2) is 7.61. The summed E-state index contributed by atoms with van der Waals surface area (Å²) in [7, 11) is 0. The molecule has 0 atom stereocenters. The van der Waals surface area contributed by atoms with Gasteiger partial charge in [-0.3, -0.25) is 9.59 Å². The molecule has 1 heterocycles. The number of phenols is 1. The van der Waals surface area contributed by atoms with Crippen molar-refractivity contribution in [2.45, 2.75) is 6.92 Å². The number of hydrazone groups is 1. The highest BCUT2D eigenvalue weighted by molar-refractivity contribution is 6.02. The molecule has 0 aliphatic rings. The van der Waals surface area contributed by atoms with Gasteiger partial charge in [-0.25, -0.2) is 5.43 Å². The van der Waals surface area contributed by atoms with E-state index in [0.29, 0.717) is 23.1 Å². The summed E-state index contributed by atoms with van der Waals surface area (Å²) in [4.78, 5) is 26.9. The number of phenolic OH excluding ortho intramolecular Hbond substituents is 1. The lowest BCUT2D eigenvalue weighted by atomic mass is 10.1. The summed E-state index contributed by atoms with van der Waals surface area (Å²) in [5, 5.41) is 24.1. The van der Waals surface area contributed by atoms with Crippen LogP contribution in [0.1, 0.15) is 22.8 Å². The zero-order chi connectivity index (χ0) is 19.4. The van der Waals surface area contributed by atoms with Crippen LogP contribution in [0.25, 0.3) is 10.9 Å². The van der Waals surface area contributed by atoms with Crippen molar-refractivity contribution in [3.8, 4) is 17.2 Å². The van der Waals surface area contributed by atoms with Gasteiger partial charge in [-0.2, -0.15) is 5.10 Å². The number of nitrogens with one attached hydrogen (secondary N) is 2. The minimum Gasteiger partial charge on any atom is -0.506 e. The highest BCUT2D eigenvalue weighted by Crippen LogP contribution is 2.26. The Balaban J connectivity index is 1.82. The minimum absolute atomic E-state index is 0.00865. The molecule has 0 spiro atoms. The molecule has 0 radical (unpaired) electrons. The quantitative estimate of drug-likeness (QED) is 0.406. The normalized spacial score (nSPS) is 11.0. The predicted molar refractivity (Wildman–Crippen MR) is 101 cm³/mol. The first-order valence-corrected chi connectivity index (χ1v) is 8.14. The maximum absolute atomic E-state index is 12.3. The largest absolute Gasteiger partial charge is 0.506 e. The third-order valence-corrected chi connectivity index (χ3v) is 3.78. The fourth-order valence-electron chi connectivity index (χ4n) is 2.54. The highest BCUT2D eigenvalue weighted by Gasteiger charge is 2.18. The lowest BCUT2D eigenvalue weighted by molar-refractivity contribution is 0.0951. The van der Waals surface area contributed by atoms with E-state index in [0.717, 1.165) is 0 Å². The standard InChI is InChI=1S/C19H17N3O5/c1-2-27-15-9-11(7-8-14(15)23)10-20-22-19(26)16-17(24)12-5-3-4-6-13(12)21-18(16)25/h3-10,23H,2H2,1H3,(H,22,26)(H2,21,24,25)/b20-10-. The zero-order valence-electron chi connectivity index (χ0n) is 14.4. The van der Waals surface area contributed by atoms with E-state index >= 15 is 0 Å². The molecule has 0 aliphatic carbocycles. The molecule has 0 unspecified atom stereocenters. The van der Waals surface area contributed by atoms with Crippen LogP contribution >= 0.6 is 0 Å². The Bertz CT molecular complexity index is 1090. The molecular weight excluding hydrogens is 350 g/mol. The Kier molecular flexibility index (Phi) is 5.07. The molecular formula is C19H17N3O5. The third kappa shape index (κ3) is 3.74. The molecule has 3 aromatic rings. The third-order valence-electron chi connectivity index (χ3n) is 3.78. The lowest BCUT2D eigenvalue weighted by Gasteiger charge is -2.07. The van der Waals surface area contributed by atoms with Crippen LogP contribution in [0.5, 0.6) is 17.2 Å².